The first kappa shape index (κ1) is 9.80. The first-order valence-electron chi connectivity index (χ1n) is 4.39. The number of nitrogens with one attached hydrogen (secondary N) is 1. The molecule has 5 N–H and O–H groups in total. The fourth-order valence-corrected chi connectivity index (χ4v) is 0.938. The number of hydrogen-bond donors (Lipinski definition) is 3. The normalized spacial score (nSPS) is 12.5. The van der Waals surface area contributed by atoms with E-state index in [0.29, 0.717) is 5.69 Å². The molecular weight excluding hydrogens is 164 g/mol. The standard InChI is InChI=1S/C9H16N4/c1-7(10)4-5-12-9-3-2-8(11)6-13-9/h2-3,6-7H,4-5,10-11H2,1H3,(H,12,13). The number of nitrogens with zero attached hydrogens (tertiary/aromatic N) is 1. The molecule has 0 radical (unpaired) electrons. The van der Waals surface area contributed by atoms with Crippen LogP contribution in [0.2, 0.25) is 0 Å². The summed E-state index contributed by atoms with van der Waals surface area (Å²) < 4.78 is 0. The van der Waals surface area contributed by atoms with E-state index in [2.05, 4.69) is 10.3 Å². The Bertz CT molecular complexity index is 242. The molecule has 0 fully saturated rings. The summed E-state index contributed by atoms with van der Waals surface area (Å²) in [6.07, 6.45) is 2.57. The fourth-order valence-electron chi connectivity index (χ4n) is 0.938. The fraction of sp³-hybridized carbons (Fsp3) is 0.444. The summed E-state index contributed by atoms with van der Waals surface area (Å²) >= 11 is 0. The van der Waals surface area contributed by atoms with Gasteiger partial charge in [0, 0.05) is 12.6 Å². The van der Waals surface area contributed by atoms with E-state index in [0.717, 1.165) is 18.8 Å². The smallest absolute Gasteiger partial charge is 0.126 e. The van der Waals surface area contributed by atoms with E-state index in [1.165, 1.54) is 0 Å². The van der Waals surface area contributed by atoms with Gasteiger partial charge in [-0.3, -0.25) is 0 Å². The molecule has 4 nitrogen and oxygen atoms in total. The van der Waals surface area contributed by atoms with Crippen LogP contribution < -0.4 is 16.8 Å². The van der Waals surface area contributed by atoms with E-state index in [4.69, 9.17) is 11.5 Å². The highest BCUT2D eigenvalue weighted by Crippen LogP contribution is 2.05. The number of nitrogens with two attached hydrogens (primary N) is 2. The van der Waals surface area contributed by atoms with E-state index in [1.807, 2.05) is 19.1 Å². The molecule has 0 aromatic carbocycles. The lowest BCUT2D eigenvalue weighted by atomic mass is 10.2. The zero-order valence-electron chi connectivity index (χ0n) is 7.83. The van der Waals surface area contributed by atoms with Crippen molar-refractivity contribution in [2.45, 2.75) is 19.4 Å². The van der Waals surface area contributed by atoms with Gasteiger partial charge in [-0.25, -0.2) is 4.98 Å². The maximum absolute atomic E-state index is 5.60. The minimum Gasteiger partial charge on any atom is -0.397 e. The molecule has 1 rings (SSSR count). The summed E-state index contributed by atoms with van der Waals surface area (Å²) in [6, 6.07) is 3.90. The molecule has 0 aliphatic heterocycles. The second-order valence-corrected chi connectivity index (χ2v) is 3.17. The lowest BCUT2D eigenvalue weighted by molar-refractivity contribution is 0.689. The van der Waals surface area contributed by atoms with Crippen LogP contribution in [0.5, 0.6) is 0 Å². The van der Waals surface area contributed by atoms with Crippen LogP contribution in [0.4, 0.5) is 11.5 Å². The average Bonchev–Trinajstić information content (AvgIpc) is 2.08. The van der Waals surface area contributed by atoms with Crippen molar-refractivity contribution in [2.24, 2.45) is 5.73 Å². The SMILES string of the molecule is CC(N)CCNc1ccc(N)cn1. The Morgan fingerprint density at radius 3 is 2.85 bits per heavy atom. The van der Waals surface area contributed by atoms with Crippen LogP contribution in [0.3, 0.4) is 0 Å². The maximum Gasteiger partial charge on any atom is 0.126 e. The number of rotatable bonds is 4. The zero-order valence-corrected chi connectivity index (χ0v) is 7.83. The van der Waals surface area contributed by atoms with Gasteiger partial charge in [-0.1, -0.05) is 0 Å². The second-order valence-electron chi connectivity index (χ2n) is 3.17. The molecule has 0 saturated carbocycles. The molecule has 0 saturated heterocycles. The average molecular weight is 180 g/mol. The Morgan fingerprint density at radius 2 is 2.31 bits per heavy atom. The Kier molecular flexibility index (Phi) is 3.52. The van der Waals surface area contributed by atoms with Gasteiger partial charge < -0.3 is 16.8 Å². The third-order valence-electron chi connectivity index (χ3n) is 1.69. The van der Waals surface area contributed by atoms with Crippen molar-refractivity contribution in [1.82, 2.24) is 4.98 Å². The first-order valence-corrected chi connectivity index (χ1v) is 4.39. The van der Waals surface area contributed by atoms with Crippen LogP contribution >= 0.6 is 0 Å². The summed E-state index contributed by atoms with van der Waals surface area (Å²) in [4.78, 5) is 4.10. The predicted molar refractivity (Wildman–Crippen MR) is 55.4 cm³/mol. The first-order chi connectivity index (χ1) is 6.18. The summed E-state index contributed by atoms with van der Waals surface area (Å²) in [5, 5.41) is 3.16. The Balaban J connectivity index is 2.33. The Morgan fingerprint density at radius 1 is 1.54 bits per heavy atom. The third kappa shape index (κ3) is 3.75. The maximum atomic E-state index is 5.60. The Labute approximate surface area is 78.3 Å². The van der Waals surface area contributed by atoms with E-state index in [-0.39, 0.29) is 6.04 Å². The summed E-state index contributed by atoms with van der Waals surface area (Å²) in [5.41, 5.74) is 11.8. The van der Waals surface area contributed by atoms with E-state index in [1.54, 1.807) is 6.20 Å². The van der Waals surface area contributed by atoms with Crippen LogP contribution in [-0.2, 0) is 0 Å². The van der Waals surface area contributed by atoms with E-state index in [9.17, 15) is 0 Å². The number of pyridine rings is 1. The van der Waals surface area contributed by atoms with Crippen molar-refractivity contribution in [1.29, 1.82) is 0 Å². The molecule has 1 aromatic heterocycles. The van der Waals surface area contributed by atoms with Crippen molar-refractivity contribution in [2.75, 3.05) is 17.6 Å². The van der Waals surface area contributed by atoms with Crippen molar-refractivity contribution < 1.29 is 0 Å². The van der Waals surface area contributed by atoms with Crippen LogP contribution in [0.15, 0.2) is 18.3 Å². The van der Waals surface area contributed by atoms with Gasteiger partial charge in [-0.2, -0.15) is 0 Å². The molecule has 1 unspecified atom stereocenters. The second kappa shape index (κ2) is 4.67. The zero-order chi connectivity index (χ0) is 9.68. The largest absolute Gasteiger partial charge is 0.397 e. The number of aromatic nitrogens is 1. The minimum absolute atomic E-state index is 0.223. The highest BCUT2D eigenvalue weighted by molar-refractivity contribution is 5.43. The highest BCUT2D eigenvalue weighted by atomic mass is 15.0. The molecule has 0 aliphatic carbocycles. The molecule has 72 valence electrons. The number of hydrogen-bond acceptors (Lipinski definition) is 4. The van der Waals surface area contributed by atoms with Crippen LogP contribution in [0, 0.1) is 0 Å². The van der Waals surface area contributed by atoms with Crippen LogP contribution in [-0.4, -0.2) is 17.6 Å². The molecule has 1 aromatic rings. The molecular formula is C9H16N4. The molecule has 0 bridgehead atoms. The van der Waals surface area contributed by atoms with Gasteiger partial charge in [0.25, 0.3) is 0 Å². The summed E-state index contributed by atoms with van der Waals surface area (Å²) in [7, 11) is 0. The topological polar surface area (TPSA) is 77.0 Å². The van der Waals surface area contributed by atoms with Gasteiger partial charge in [0.2, 0.25) is 0 Å². The lowest BCUT2D eigenvalue weighted by Crippen LogP contribution is -2.19. The Hall–Kier alpha value is -1.29. The quantitative estimate of drug-likeness (QED) is 0.641. The van der Waals surface area contributed by atoms with E-state index < -0.39 is 0 Å². The molecule has 0 aliphatic rings. The summed E-state index contributed by atoms with van der Waals surface area (Å²) in [6.45, 7) is 2.83. The lowest BCUT2D eigenvalue weighted by Gasteiger charge is -2.07. The van der Waals surface area contributed by atoms with Gasteiger partial charge in [-0.05, 0) is 25.5 Å². The molecule has 13 heavy (non-hydrogen) atoms. The highest BCUT2D eigenvalue weighted by Gasteiger charge is 1.95. The van der Waals surface area contributed by atoms with Crippen molar-refractivity contribution in [3.63, 3.8) is 0 Å². The van der Waals surface area contributed by atoms with E-state index >= 15 is 0 Å². The number of anilines is 2. The molecule has 0 spiro atoms. The van der Waals surface area contributed by atoms with Gasteiger partial charge in [-0.15, -0.1) is 0 Å². The molecule has 1 atom stereocenters. The van der Waals surface area contributed by atoms with Crippen molar-refractivity contribution >= 4 is 11.5 Å². The number of nitrogen functional groups attached to an aromatic ring is 1. The molecule has 0 amide bonds. The monoisotopic (exact) mass is 180 g/mol. The van der Waals surface area contributed by atoms with Crippen LogP contribution in [0.1, 0.15) is 13.3 Å². The minimum atomic E-state index is 0.223. The predicted octanol–water partition coefficient (Wildman–Crippen LogP) is 0.813. The third-order valence-corrected chi connectivity index (χ3v) is 1.69. The van der Waals surface area contributed by atoms with Gasteiger partial charge in [0.1, 0.15) is 5.82 Å². The molecule has 1 heterocycles. The van der Waals surface area contributed by atoms with Gasteiger partial charge in [0.15, 0.2) is 0 Å². The van der Waals surface area contributed by atoms with Crippen molar-refractivity contribution in [3.05, 3.63) is 18.3 Å². The van der Waals surface area contributed by atoms with Crippen LogP contribution in [0.25, 0.3) is 0 Å². The molecule has 4 heteroatoms. The van der Waals surface area contributed by atoms with Gasteiger partial charge >= 0.3 is 0 Å². The summed E-state index contributed by atoms with van der Waals surface area (Å²) in [5.74, 6) is 0.842. The van der Waals surface area contributed by atoms with Crippen molar-refractivity contribution in [3.8, 4) is 0 Å². The van der Waals surface area contributed by atoms with Gasteiger partial charge in [0.05, 0.1) is 11.9 Å².